The second-order valence-electron chi connectivity index (χ2n) is 6.56. The maximum absolute atomic E-state index is 6.35. The zero-order valence-electron chi connectivity index (χ0n) is 14.8. The first-order valence-electron chi connectivity index (χ1n) is 7.73. The predicted molar refractivity (Wildman–Crippen MR) is 104 cm³/mol. The fraction of sp³-hybridized carbons (Fsp3) is 0.300. The molecule has 0 unspecified atom stereocenters. The van der Waals surface area contributed by atoms with Crippen molar-refractivity contribution in [3.05, 3.63) is 63.1 Å². The van der Waals surface area contributed by atoms with Gasteiger partial charge in [0.25, 0.3) is 0 Å². The summed E-state index contributed by atoms with van der Waals surface area (Å²) in [7, 11) is 0. The first-order valence-corrected chi connectivity index (χ1v) is 9.15. The Morgan fingerprint density at radius 1 is 0.833 bits per heavy atom. The van der Waals surface area contributed by atoms with Crippen LogP contribution in [-0.2, 0) is 19.5 Å². The third kappa shape index (κ3) is 3.60. The molecule has 3 rings (SSSR count). The van der Waals surface area contributed by atoms with Gasteiger partial charge < -0.3 is 0 Å². The Hall–Kier alpha value is -0.726. The van der Waals surface area contributed by atoms with Crippen molar-refractivity contribution in [2.24, 2.45) is 5.41 Å². The minimum atomic E-state index is -0.633. The number of allylic oxidation sites excluding steroid dienone is 4. The number of halogens is 2. The van der Waals surface area contributed by atoms with E-state index in [0.717, 1.165) is 5.75 Å². The Morgan fingerprint density at radius 3 is 2.08 bits per heavy atom. The molecule has 0 bridgehead atoms. The van der Waals surface area contributed by atoms with Crippen LogP contribution in [0.25, 0.3) is 10.8 Å². The summed E-state index contributed by atoms with van der Waals surface area (Å²) >= 11 is -0.633. The molecule has 2 aromatic carbocycles. The Morgan fingerprint density at radius 2 is 1.46 bits per heavy atom. The Bertz CT molecular complexity index is 801. The summed E-state index contributed by atoms with van der Waals surface area (Å²) < 4.78 is 7.87. The van der Waals surface area contributed by atoms with Gasteiger partial charge in [0.15, 0.2) is 0 Å². The molecule has 0 saturated carbocycles. The van der Waals surface area contributed by atoms with Crippen molar-refractivity contribution in [2.45, 2.75) is 34.6 Å². The number of benzene rings is 2. The summed E-state index contributed by atoms with van der Waals surface area (Å²) in [4.78, 5) is 0. The van der Waals surface area contributed by atoms with E-state index < -0.39 is 19.5 Å². The fourth-order valence-corrected chi connectivity index (χ4v) is 5.02. The number of rotatable bonds is 3. The molecule has 1 aliphatic rings. The molecule has 2 aromatic rings. The van der Waals surface area contributed by atoms with Crippen molar-refractivity contribution in [1.29, 1.82) is 0 Å². The molecule has 128 valence electrons. The van der Waals surface area contributed by atoms with Crippen LogP contribution in [0.2, 0.25) is 0 Å². The van der Waals surface area contributed by atoms with Gasteiger partial charge in [-0.2, -0.15) is 0 Å². The molecule has 0 N–H and O–H groups in total. The summed E-state index contributed by atoms with van der Waals surface area (Å²) in [5.74, 6) is 1.02. The van der Waals surface area contributed by atoms with E-state index in [1.54, 1.807) is 0 Å². The van der Waals surface area contributed by atoms with Crippen LogP contribution in [0.1, 0.15) is 34.6 Å². The maximum Gasteiger partial charge on any atom is -0.147 e. The second kappa shape index (κ2) is 8.10. The van der Waals surface area contributed by atoms with Gasteiger partial charge in [-0.05, 0) is 0 Å². The minimum absolute atomic E-state index is 0. The Kier molecular flexibility index (Phi) is 7.20. The van der Waals surface area contributed by atoms with Crippen molar-refractivity contribution in [1.82, 2.24) is 0 Å². The number of fused-ring (bicyclic) bond motifs is 1. The number of hydrogen-bond donors (Lipinski definition) is 0. The van der Waals surface area contributed by atoms with Crippen LogP contribution in [0, 0.1) is 5.41 Å². The molecule has 0 aliphatic heterocycles. The van der Waals surface area contributed by atoms with E-state index in [1.165, 1.54) is 31.4 Å². The fourth-order valence-electron chi connectivity index (χ4n) is 3.19. The van der Waals surface area contributed by atoms with E-state index in [-0.39, 0.29) is 30.2 Å². The van der Waals surface area contributed by atoms with E-state index in [0.29, 0.717) is 0 Å². The molecule has 0 saturated heterocycles. The van der Waals surface area contributed by atoms with E-state index in [4.69, 9.17) is 3.32 Å². The monoisotopic (exact) mass is 398 g/mol. The minimum Gasteiger partial charge on any atom is -0.147 e. The first kappa shape index (κ1) is 21.3. The van der Waals surface area contributed by atoms with E-state index >= 15 is 0 Å². The van der Waals surface area contributed by atoms with Crippen molar-refractivity contribution in [3.8, 4) is 5.75 Å². The molecule has 1 aliphatic carbocycles. The average molecular weight is 399 g/mol. The van der Waals surface area contributed by atoms with Gasteiger partial charge in [0.2, 0.25) is 0 Å². The van der Waals surface area contributed by atoms with Crippen molar-refractivity contribution in [2.75, 3.05) is 0 Å². The van der Waals surface area contributed by atoms with Crippen LogP contribution in [0.3, 0.4) is 0 Å². The van der Waals surface area contributed by atoms with Crippen molar-refractivity contribution < 1.29 is 22.9 Å². The molecule has 1 nitrogen and oxygen atoms in total. The van der Waals surface area contributed by atoms with Gasteiger partial charge in [0, 0.05) is 0 Å². The van der Waals surface area contributed by atoms with Gasteiger partial charge in [-0.15, -0.1) is 24.8 Å². The Balaban J connectivity index is 0.00000144. The van der Waals surface area contributed by atoms with E-state index in [9.17, 15) is 0 Å². The molecule has 0 aromatic heterocycles. The summed E-state index contributed by atoms with van der Waals surface area (Å²) in [5.41, 5.74) is 4.54. The predicted octanol–water partition coefficient (Wildman–Crippen LogP) is 6.71. The van der Waals surface area contributed by atoms with Gasteiger partial charge in [0.05, 0.1) is 0 Å². The first-order chi connectivity index (χ1) is 10.4. The molecule has 0 spiro atoms. The quantitative estimate of drug-likeness (QED) is 0.522. The summed E-state index contributed by atoms with van der Waals surface area (Å²) in [6.45, 7) is 11.4. The van der Waals surface area contributed by atoms with Gasteiger partial charge in [0.1, 0.15) is 0 Å². The molecular weight excluding hydrogens is 375 g/mol. The smallest absolute Gasteiger partial charge is 0.147 e. The van der Waals surface area contributed by atoms with Crippen LogP contribution < -0.4 is 3.32 Å². The maximum atomic E-state index is 6.35. The molecule has 24 heavy (non-hydrogen) atoms. The van der Waals surface area contributed by atoms with Crippen molar-refractivity contribution >= 4 is 35.6 Å². The molecule has 0 fully saturated rings. The molecule has 0 radical (unpaired) electrons. The molecule has 0 amide bonds. The van der Waals surface area contributed by atoms with Crippen LogP contribution in [-0.4, -0.2) is 0 Å². The van der Waals surface area contributed by atoms with Crippen LogP contribution in [0.4, 0.5) is 0 Å². The Labute approximate surface area is 166 Å². The van der Waals surface area contributed by atoms with Crippen LogP contribution in [0.15, 0.2) is 63.1 Å². The standard InChI is InChI=1S/C10H8O.C10H15.2ClH.Ti/c11-10-7-3-5-8-4-1-2-6-9(8)10;1-7-6-10(4,5)9(3)8(7)2;;;/h1-7,11H;1-5H3;2*1H;/q;;;;+1/p-1. The van der Waals surface area contributed by atoms with Crippen LogP contribution in [0.5, 0.6) is 5.75 Å². The third-order valence-electron chi connectivity index (χ3n) is 5.08. The molecule has 4 heteroatoms. The number of hydrogen-bond acceptors (Lipinski definition) is 1. The van der Waals surface area contributed by atoms with Gasteiger partial charge in [-0.1, -0.05) is 0 Å². The van der Waals surface area contributed by atoms with E-state index in [2.05, 4.69) is 77.1 Å². The largest absolute Gasteiger partial charge is 0.147 e. The summed E-state index contributed by atoms with van der Waals surface area (Å²) in [5, 5.41) is 2.46. The summed E-state index contributed by atoms with van der Waals surface area (Å²) in [6, 6.07) is 14.8. The van der Waals surface area contributed by atoms with Gasteiger partial charge in [-0.25, -0.2) is 0 Å². The molecule has 0 atom stereocenters. The second-order valence-corrected chi connectivity index (χ2v) is 7.97. The average Bonchev–Trinajstić information content (AvgIpc) is 2.66. The van der Waals surface area contributed by atoms with Gasteiger partial charge >= 0.3 is 142 Å². The zero-order valence-corrected chi connectivity index (χ0v) is 18.0. The van der Waals surface area contributed by atoms with Crippen molar-refractivity contribution in [3.63, 3.8) is 0 Å². The normalized spacial score (nSPS) is 15.9. The van der Waals surface area contributed by atoms with Gasteiger partial charge in [-0.3, -0.25) is 0 Å². The topological polar surface area (TPSA) is 9.23 Å². The molecule has 0 heterocycles. The van der Waals surface area contributed by atoms with Crippen LogP contribution >= 0.6 is 24.8 Å². The zero-order chi connectivity index (χ0) is 15.9. The molecular formula is C20H24Cl2OTi. The third-order valence-corrected chi connectivity index (χ3v) is 7.46. The SMILES string of the molecule is CC1=C(C)C(C)(C)[C]([Ti][O]c2cccc3ccccc23)=C1C.Cl.Cl. The summed E-state index contributed by atoms with van der Waals surface area (Å²) in [6.07, 6.45) is 0. The van der Waals surface area contributed by atoms with E-state index in [1.807, 2.05) is 0 Å².